The Kier molecular flexibility index (Phi) is 5.39. The number of carbonyl (C=O) groups is 1. The van der Waals surface area contributed by atoms with Crippen molar-refractivity contribution < 1.29 is 18.0 Å². The van der Waals surface area contributed by atoms with Gasteiger partial charge in [0.25, 0.3) is 5.91 Å². The summed E-state index contributed by atoms with van der Waals surface area (Å²) < 4.78 is 37.5. The molecule has 0 saturated heterocycles. The topological polar surface area (TPSA) is 66.1 Å². The number of hydrogen-bond acceptors (Lipinski definition) is 5. The van der Waals surface area contributed by atoms with Gasteiger partial charge in [-0.1, -0.05) is 17.7 Å². The SMILES string of the molecule is O=C(NC(=S)NNc1ncc(C(F)(F)F)cc1Cl)c1cccs1. The van der Waals surface area contributed by atoms with Crippen molar-refractivity contribution in [2.75, 3.05) is 5.43 Å². The molecule has 0 atom stereocenters. The Morgan fingerprint density at radius 1 is 1.39 bits per heavy atom. The van der Waals surface area contributed by atoms with Crippen molar-refractivity contribution in [2.45, 2.75) is 6.18 Å². The molecule has 0 bridgehead atoms. The normalized spacial score (nSPS) is 11.0. The van der Waals surface area contributed by atoms with Gasteiger partial charge in [-0.2, -0.15) is 13.2 Å². The lowest BCUT2D eigenvalue weighted by Gasteiger charge is -2.13. The molecule has 0 fully saturated rings. The first-order valence-corrected chi connectivity index (χ1v) is 7.57. The largest absolute Gasteiger partial charge is 0.417 e. The molecule has 0 unspecified atom stereocenters. The Hall–Kier alpha value is -1.91. The van der Waals surface area contributed by atoms with Gasteiger partial charge in [0.1, 0.15) is 0 Å². The lowest BCUT2D eigenvalue weighted by Crippen LogP contribution is -2.42. The van der Waals surface area contributed by atoms with Crippen LogP contribution >= 0.6 is 35.2 Å². The predicted octanol–water partition coefficient (Wildman–Crippen LogP) is 3.45. The maximum absolute atomic E-state index is 12.5. The number of amides is 1. The number of alkyl halides is 3. The summed E-state index contributed by atoms with van der Waals surface area (Å²) in [5.41, 5.74) is 3.88. The van der Waals surface area contributed by atoms with Gasteiger partial charge in [0.15, 0.2) is 10.9 Å². The Balaban J connectivity index is 1.93. The van der Waals surface area contributed by atoms with Crippen LogP contribution in [-0.4, -0.2) is 16.0 Å². The molecule has 2 rings (SSSR count). The maximum Gasteiger partial charge on any atom is 0.417 e. The van der Waals surface area contributed by atoms with Gasteiger partial charge in [0.2, 0.25) is 0 Å². The Morgan fingerprint density at radius 3 is 2.70 bits per heavy atom. The Morgan fingerprint density at radius 2 is 2.13 bits per heavy atom. The molecule has 0 spiro atoms. The second-order valence-corrected chi connectivity index (χ2v) is 5.83. The van der Waals surface area contributed by atoms with E-state index in [1.807, 2.05) is 0 Å². The van der Waals surface area contributed by atoms with Crippen molar-refractivity contribution in [2.24, 2.45) is 0 Å². The molecule has 2 aromatic heterocycles. The number of carbonyl (C=O) groups excluding carboxylic acids is 1. The van der Waals surface area contributed by atoms with Crippen LogP contribution in [-0.2, 0) is 6.18 Å². The summed E-state index contributed by atoms with van der Waals surface area (Å²) in [7, 11) is 0. The number of nitrogens with one attached hydrogen (secondary N) is 3. The number of halogens is 4. The van der Waals surface area contributed by atoms with Crippen molar-refractivity contribution in [1.29, 1.82) is 0 Å². The zero-order chi connectivity index (χ0) is 17.0. The van der Waals surface area contributed by atoms with Gasteiger partial charge in [-0.05, 0) is 29.7 Å². The molecule has 0 aliphatic rings. The first-order chi connectivity index (χ1) is 10.8. The Labute approximate surface area is 142 Å². The summed E-state index contributed by atoms with van der Waals surface area (Å²) in [5.74, 6) is -0.474. The monoisotopic (exact) mass is 380 g/mol. The van der Waals surface area contributed by atoms with E-state index < -0.39 is 17.6 Å². The Bertz CT molecular complexity index is 722. The van der Waals surface area contributed by atoms with Crippen molar-refractivity contribution in [3.8, 4) is 0 Å². The van der Waals surface area contributed by atoms with Gasteiger partial charge in [-0.25, -0.2) is 4.98 Å². The van der Waals surface area contributed by atoms with E-state index in [0.29, 0.717) is 11.1 Å². The van der Waals surface area contributed by atoms with Gasteiger partial charge < -0.3 is 0 Å². The van der Waals surface area contributed by atoms with Gasteiger partial charge >= 0.3 is 6.18 Å². The minimum absolute atomic E-state index is 0.0626. The minimum atomic E-state index is -4.54. The number of pyridine rings is 1. The molecule has 2 aromatic rings. The minimum Gasteiger partial charge on any atom is -0.297 e. The number of anilines is 1. The zero-order valence-electron chi connectivity index (χ0n) is 11.1. The van der Waals surface area contributed by atoms with Gasteiger partial charge in [-0.15, -0.1) is 11.3 Å². The smallest absolute Gasteiger partial charge is 0.297 e. The summed E-state index contributed by atoms with van der Waals surface area (Å²) in [6.45, 7) is 0. The van der Waals surface area contributed by atoms with E-state index in [1.165, 1.54) is 11.3 Å². The van der Waals surface area contributed by atoms with Gasteiger partial charge in [0, 0.05) is 6.20 Å². The molecule has 0 aliphatic carbocycles. The standard InChI is InChI=1S/C12H8ClF3N4OS2/c13-7-4-6(12(14,15)16)5-17-9(7)19-20-11(22)18-10(21)8-2-1-3-23-8/h1-5H,(H,17,19)(H2,18,20,21,22). The second-order valence-electron chi connectivity index (χ2n) is 4.06. The van der Waals surface area contributed by atoms with Crippen LogP contribution in [0, 0.1) is 0 Å². The molecule has 2 heterocycles. The van der Waals surface area contributed by atoms with Crippen LogP contribution in [0.15, 0.2) is 29.8 Å². The van der Waals surface area contributed by atoms with Crippen molar-refractivity contribution in [3.05, 3.63) is 45.2 Å². The second kappa shape index (κ2) is 7.11. The van der Waals surface area contributed by atoms with Crippen molar-refractivity contribution >= 4 is 52.0 Å². The quantitative estimate of drug-likeness (QED) is 0.562. The number of aromatic nitrogens is 1. The lowest BCUT2D eigenvalue weighted by atomic mass is 10.3. The van der Waals surface area contributed by atoms with E-state index in [9.17, 15) is 18.0 Å². The van der Waals surface area contributed by atoms with Crippen LogP contribution in [0.1, 0.15) is 15.2 Å². The average Bonchev–Trinajstić information content (AvgIpc) is 2.99. The number of nitrogens with zero attached hydrogens (tertiary/aromatic N) is 1. The maximum atomic E-state index is 12.5. The highest BCUT2D eigenvalue weighted by Crippen LogP contribution is 2.32. The first kappa shape index (κ1) is 17.4. The zero-order valence-corrected chi connectivity index (χ0v) is 13.5. The molecule has 122 valence electrons. The van der Waals surface area contributed by atoms with Crippen molar-refractivity contribution in [1.82, 2.24) is 15.7 Å². The third kappa shape index (κ3) is 4.78. The van der Waals surface area contributed by atoms with Crippen LogP contribution in [0.5, 0.6) is 0 Å². The van der Waals surface area contributed by atoms with E-state index >= 15 is 0 Å². The highest BCUT2D eigenvalue weighted by molar-refractivity contribution is 7.80. The number of hydrazine groups is 1. The highest BCUT2D eigenvalue weighted by atomic mass is 35.5. The molecule has 0 aliphatic heterocycles. The summed E-state index contributed by atoms with van der Waals surface area (Å²) in [5, 5.41) is 3.79. The number of thiocarbonyl (C=S) groups is 1. The van der Waals surface area contributed by atoms with E-state index in [4.69, 9.17) is 23.8 Å². The van der Waals surface area contributed by atoms with Crippen LogP contribution < -0.4 is 16.2 Å². The molecule has 5 nitrogen and oxygen atoms in total. The highest BCUT2D eigenvalue weighted by Gasteiger charge is 2.31. The fraction of sp³-hybridized carbons (Fsp3) is 0.0833. The van der Waals surface area contributed by atoms with Crippen LogP contribution in [0.25, 0.3) is 0 Å². The first-order valence-electron chi connectivity index (χ1n) is 5.91. The van der Waals surface area contributed by atoms with E-state index in [1.54, 1.807) is 17.5 Å². The molecule has 0 aromatic carbocycles. The van der Waals surface area contributed by atoms with Crippen LogP contribution in [0.2, 0.25) is 5.02 Å². The van der Waals surface area contributed by atoms with Crippen LogP contribution in [0.4, 0.5) is 19.0 Å². The van der Waals surface area contributed by atoms with Gasteiger partial charge in [-0.3, -0.25) is 21.0 Å². The van der Waals surface area contributed by atoms with E-state index in [-0.39, 0.29) is 16.0 Å². The van der Waals surface area contributed by atoms with Crippen molar-refractivity contribution in [3.63, 3.8) is 0 Å². The number of hydrogen-bond donors (Lipinski definition) is 3. The molecule has 0 radical (unpaired) electrons. The molecule has 23 heavy (non-hydrogen) atoms. The van der Waals surface area contributed by atoms with E-state index in [0.717, 1.165) is 6.07 Å². The predicted molar refractivity (Wildman–Crippen MR) is 85.4 cm³/mol. The molecular weight excluding hydrogens is 373 g/mol. The molecule has 0 saturated carbocycles. The number of thiophene rings is 1. The molecule has 3 N–H and O–H groups in total. The summed E-state index contributed by atoms with van der Waals surface area (Å²) in [6.07, 6.45) is -3.91. The molecule has 11 heteroatoms. The molecular formula is C12H8ClF3N4OS2. The third-order valence-electron chi connectivity index (χ3n) is 2.43. The third-order valence-corrected chi connectivity index (χ3v) is 3.80. The number of rotatable bonds is 3. The van der Waals surface area contributed by atoms with Crippen LogP contribution in [0.3, 0.4) is 0 Å². The summed E-state index contributed by atoms with van der Waals surface area (Å²) in [6, 6.07) is 4.05. The fourth-order valence-corrected chi connectivity index (χ4v) is 2.38. The van der Waals surface area contributed by atoms with Gasteiger partial charge in [0.05, 0.1) is 15.5 Å². The fourth-order valence-electron chi connectivity index (χ4n) is 1.40. The summed E-state index contributed by atoms with van der Waals surface area (Å²) >= 11 is 11.8. The average molecular weight is 381 g/mol. The molecule has 1 amide bonds. The lowest BCUT2D eigenvalue weighted by molar-refractivity contribution is -0.137. The van der Waals surface area contributed by atoms with E-state index in [2.05, 4.69) is 21.2 Å². The summed E-state index contributed by atoms with van der Waals surface area (Å²) in [4.78, 5) is 15.7.